The molecule has 0 unspecified atom stereocenters. The van der Waals surface area contributed by atoms with E-state index in [9.17, 15) is 21.6 Å². The van der Waals surface area contributed by atoms with E-state index in [-0.39, 0.29) is 5.75 Å². The maximum Gasteiger partial charge on any atom is 0.534 e. The number of anilines is 1. The van der Waals surface area contributed by atoms with Crippen LogP contribution >= 0.6 is 0 Å². The first-order chi connectivity index (χ1) is 10.7. The number of alkyl halides is 3. The Morgan fingerprint density at radius 1 is 1.09 bits per heavy atom. The number of hydrogen-bond acceptors (Lipinski definition) is 5. The van der Waals surface area contributed by atoms with Crippen molar-refractivity contribution >= 4 is 15.8 Å². The summed E-state index contributed by atoms with van der Waals surface area (Å²) < 4.78 is 62.8. The van der Waals surface area contributed by atoms with Gasteiger partial charge in [0.1, 0.15) is 5.75 Å². The van der Waals surface area contributed by atoms with Crippen molar-refractivity contribution in [2.75, 3.05) is 37.6 Å². The molecule has 1 heterocycles. The molecule has 0 radical (unpaired) electrons. The molecule has 0 aromatic heterocycles. The molecule has 1 saturated heterocycles. The van der Waals surface area contributed by atoms with E-state index in [1.54, 1.807) is 12.1 Å². The van der Waals surface area contributed by atoms with Crippen LogP contribution in [0.2, 0.25) is 0 Å². The molecule has 0 amide bonds. The molecule has 1 aromatic rings. The fourth-order valence-electron chi connectivity index (χ4n) is 2.43. The van der Waals surface area contributed by atoms with Crippen LogP contribution in [0.4, 0.5) is 18.9 Å². The summed E-state index contributed by atoms with van der Waals surface area (Å²) in [5, 5.41) is 0. The summed E-state index contributed by atoms with van der Waals surface area (Å²) in [4.78, 5) is 4.46. The summed E-state index contributed by atoms with van der Waals surface area (Å²) in [6, 6.07) is 5.60. The monoisotopic (exact) mass is 352 g/mol. The van der Waals surface area contributed by atoms with E-state index >= 15 is 0 Å². The van der Waals surface area contributed by atoms with Crippen LogP contribution in [-0.4, -0.2) is 51.5 Å². The van der Waals surface area contributed by atoms with Gasteiger partial charge in [0.25, 0.3) is 0 Å². The number of hydrogen-bond donors (Lipinski definition) is 0. The van der Waals surface area contributed by atoms with E-state index in [0.717, 1.165) is 44.8 Å². The molecule has 2 rings (SSSR count). The zero-order valence-corrected chi connectivity index (χ0v) is 13.5. The maximum absolute atomic E-state index is 12.3. The Hall–Kier alpha value is -1.48. The van der Waals surface area contributed by atoms with Crippen molar-refractivity contribution in [1.82, 2.24) is 4.90 Å². The molecule has 0 spiro atoms. The average Bonchev–Trinajstić information content (AvgIpc) is 2.48. The fraction of sp³-hybridized carbons (Fsp3) is 0.571. The van der Waals surface area contributed by atoms with Crippen LogP contribution in [-0.2, 0) is 10.1 Å². The summed E-state index contributed by atoms with van der Waals surface area (Å²) in [6.07, 6.45) is 1.10. The quantitative estimate of drug-likeness (QED) is 0.602. The average molecular weight is 352 g/mol. The van der Waals surface area contributed by atoms with Crippen LogP contribution in [0.3, 0.4) is 0 Å². The van der Waals surface area contributed by atoms with Gasteiger partial charge >= 0.3 is 15.6 Å². The third-order valence-corrected chi connectivity index (χ3v) is 4.58. The number of benzene rings is 1. The smallest absolute Gasteiger partial charge is 0.376 e. The number of rotatable bonds is 5. The summed E-state index contributed by atoms with van der Waals surface area (Å²) in [6.45, 7) is 6.67. The van der Waals surface area contributed by atoms with Gasteiger partial charge in [-0.1, -0.05) is 6.92 Å². The minimum atomic E-state index is -5.62. The highest BCUT2D eigenvalue weighted by molar-refractivity contribution is 7.87. The fourth-order valence-corrected chi connectivity index (χ4v) is 2.89. The van der Waals surface area contributed by atoms with Gasteiger partial charge in [-0.2, -0.15) is 21.6 Å². The first kappa shape index (κ1) is 17.9. The highest BCUT2D eigenvalue weighted by Gasteiger charge is 2.48. The second-order valence-electron chi connectivity index (χ2n) is 5.31. The van der Waals surface area contributed by atoms with Crippen molar-refractivity contribution in [3.63, 3.8) is 0 Å². The van der Waals surface area contributed by atoms with Gasteiger partial charge in [0, 0.05) is 31.9 Å². The van der Waals surface area contributed by atoms with Gasteiger partial charge in [0.15, 0.2) is 0 Å². The zero-order valence-electron chi connectivity index (χ0n) is 12.7. The molecule has 1 aromatic carbocycles. The van der Waals surface area contributed by atoms with E-state index in [1.807, 2.05) is 0 Å². The van der Waals surface area contributed by atoms with E-state index in [4.69, 9.17) is 0 Å². The largest absolute Gasteiger partial charge is 0.534 e. The Morgan fingerprint density at radius 2 is 1.65 bits per heavy atom. The molecule has 1 aliphatic rings. The summed E-state index contributed by atoms with van der Waals surface area (Å²) in [5.74, 6) is -0.351. The van der Waals surface area contributed by atoms with Crippen LogP contribution in [0, 0.1) is 0 Å². The molecular weight excluding hydrogens is 333 g/mol. The molecule has 9 heteroatoms. The predicted molar refractivity (Wildman–Crippen MR) is 81.0 cm³/mol. The Bertz CT molecular complexity index is 609. The molecule has 0 N–H and O–H groups in total. The van der Waals surface area contributed by atoms with Gasteiger partial charge in [-0.15, -0.1) is 0 Å². The number of halogens is 3. The third kappa shape index (κ3) is 4.51. The minimum absolute atomic E-state index is 0.351. The van der Waals surface area contributed by atoms with Crippen molar-refractivity contribution < 1.29 is 25.8 Å². The van der Waals surface area contributed by atoms with Crippen LogP contribution < -0.4 is 9.08 Å². The highest BCUT2D eigenvalue weighted by Crippen LogP contribution is 2.28. The molecule has 130 valence electrons. The molecule has 1 aliphatic heterocycles. The summed E-state index contributed by atoms with van der Waals surface area (Å²) in [7, 11) is -5.62. The lowest BCUT2D eigenvalue weighted by atomic mass is 10.2. The SMILES string of the molecule is CCCN1CCN(c2ccc(OS(=O)(=O)C(F)(F)F)cc2)CC1. The van der Waals surface area contributed by atoms with Crippen molar-refractivity contribution in [1.29, 1.82) is 0 Å². The van der Waals surface area contributed by atoms with E-state index in [1.165, 1.54) is 12.1 Å². The van der Waals surface area contributed by atoms with Gasteiger partial charge in [-0.05, 0) is 37.2 Å². The minimum Gasteiger partial charge on any atom is -0.376 e. The lowest BCUT2D eigenvalue weighted by Crippen LogP contribution is -2.46. The molecule has 23 heavy (non-hydrogen) atoms. The second kappa shape index (κ2) is 6.96. The van der Waals surface area contributed by atoms with Gasteiger partial charge in [-0.3, -0.25) is 4.90 Å². The maximum atomic E-state index is 12.3. The second-order valence-corrected chi connectivity index (χ2v) is 6.84. The summed E-state index contributed by atoms with van der Waals surface area (Å²) in [5.41, 5.74) is -4.60. The lowest BCUT2D eigenvalue weighted by molar-refractivity contribution is -0.0500. The first-order valence-electron chi connectivity index (χ1n) is 7.31. The highest BCUT2D eigenvalue weighted by atomic mass is 32.2. The lowest BCUT2D eigenvalue weighted by Gasteiger charge is -2.36. The molecule has 0 aliphatic carbocycles. The first-order valence-corrected chi connectivity index (χ1v) is 8.72. The van der Waals surface area contributed by atoms with E-state index in [0.29, 0.717) is 0 Å². The van der Waals surface area contributed by atoms with Crippen molar-refractivity contribution in [3.05, 3.63) is 24.3 Å². The summed E-state index contributed by atoms with van der Waals surface area (Å²) >= 11 is 0. The number of nitrogens with zero attached hydrogens (tertiary/aromatic N) is 2. The van der Waals surface area contributed by atoms with Crippen LogP contribution in [0.25, 0.3) is 0 Å². The molecule has 0 atom stereocenters. The molecule has 0 bridgehead atoms. The number of piperazine rings is 1. The molecule has 5 nitrogen and oxygen atoms in total. The van der Waals surface area contributed by atoms with Gasteiger partial charge in [-0.25, -0.2) is 0 Å². The Labute approximate surface area is 133 Å². The van der Waals surface area contributed by atoms with Crippen molar-refractivity contribution in [3.8, 4) is 5.75 Å². The van der Waals surface area contributed by atoms with Gasteiger partial charge < -0.3 is 9.08 Å². The van der Waals surface area contributed by atoms with Crippen molar-refractivity contribution in [2.45, 2.75) is 18.9 Å². The van der Waals surface area contributed by atoms with Crippen LogP contribution in [0.5, 0.6) is 5.75 Å². The topological polar surface area (TPSA) is 49.9 Å². The van der Waals surface area contributed by atoms with Crippen LogP contribution in [0.15, 0.2) is 24.3 Å². The predicted octanol–water partition coefficient (Wildman–Crippen LogP) is 2.45. The van der Waals surface area contributed by atoms with E-state index < -0.39 is 15.6 Å². The Kier molecular flexibility index (Phi) is 5.41. The van der Waals surface area contributed by atoms with Gasteiger partial charge in [0.2, 0.25) is 0 Å². The standard InChI is InChI=1S/C14H19F3N2O3S/c1-2-7-18-8-10-19(11-9-18)12-3-5-13(6-4-12)22-23(20,21)14(15,16)17/h3-6H,2,7-11H2,1H3. The molecule has 0 saturated carbocycles. The van der Waals surface area contributed by atoms with Gasteiger partial charge in [0.05, 0.1) is 0 Å². The molecular formula is C14H19F3N2O3S. The Morgan fingerprint density at radius 3 is 2.13 bits per heavy atom. The third-order valence-electron chi connectivity index (χ3n) is 3.60. The van der Waals surface area contributed by atoms with Crippen molar-refractivity contribution in [2.24, 2.45) is 0 Å². The van der Waals surface area contributed by atoms with E-state index in [2.05, 4.69) is 20.9 Å². The Balaban J connectivity index is 1.98. The normalized spacial score (nSPS) is 17.3. The van der Waals surface area contributed by atoms with Crippen LogP contribution in [0.1, 0.15) is 13.3 Å². The molecule has 1 fully saturated rings. The zero-order chi connectivity index (χ0) is 17.1.